The third-order valence-electron chi connectivity index (χ3n) is 4.89. The molecular formula is C20H33F2N5O. The summed E-state index contributed by atoms with van der Waals surface area (Å²) < 4.78 is 28.8. The van der Waals surface area contributed by atoms with Crippen LogP contribution in [0.1, 0.15) is 18.4 Å². The van der Waals surface area contributed by atoms with E-state index in [9.17, 15) is 8.78 Å². The van der Waals surface area contributed by atoms with Crippen LogP contribution in [0.4, 0.5) is 8.78 Å². The van der Waals surface area contributed by atoms with Gasteiger partial charge in [-0.1, -0.05) is 12.1 Å². The first kappa shape index (κ1) is 22.4. The van der Waals surface area contributed by atoms with Gasteiger partial charge >= 0.3 is 6.61 Å². The molecule has 1 aliphatic rings. The maximum Gasteiger partial charge on any atom is 0.387 e. The average Bonchev–Trinajstić information content (AvgIpc) is 2.87. The number of nitrogens with one attached hydrogen (secondary N) is 1. The van der Waals surface area contributed by atoms with Crippen molar-refractivity contribution in [2.45, 2.75) is 26.0 Å². The lowest BCUT2D eigenvalue weighted by molar-refractivity contribution is -0.0498. The van der Waals surface area contributed by atoms with E-state index in [1.54, 1.807) is 31.3 Å². The number of hydrogen-bond donors (Lipinski definition) is 1. The fourth-order valence-electron chi connectivity index (χ4n) is 3.34. The second-order valence-electron chi connectivity index (χ2n) is 7.20. The van der Waals surface area contributed by atoms with E-state index in [1.807, 2.05) is 11.9 Å². The van der Waals surface area contributed by atoms with Crippen LogP contribution in [0.3, 0.4) is 0 Å². The fraction of sp³-hybridized carbons (Fsp3) is 0.650. The average molecular weight is 398 g/mol. The summed E-state index contributed by atoms with van der Waals surface area (Å²) in [5, 5.41) is 3.41. The fourth-order valence-corrected chi connectivity index (χ4v) is 3.34. The van der Waals surface area contributed by atoms with Gasteiger partial charge in [0.15, 0.2) is 5.96 Å². The number of alkyl halides is 2. The number of aliphatic imine (C=N–C) groups is 1. The van der Waals surface area contributed by atoms with Crippen LogP contribution in [-0.2, 0) is 6.54 Å². The zero-order valence-corrected chi connectivity index (χ0v) is 17.2. The molecule has 0 unspecified atom stereocenters. The van der Waals surface area contributed by atoms with Crippen molar-refractivity contribution in [3.8, 4) is 5.75 Å². The molecule has 1 fully saturated rings. The van der Waals surface area contributed by atoms with E-state index in [1.165, 1.54) is 19.5 Å². The van der Waals surface area contributed by atoms with Gasteiger partial charge in [-0.05, 0) is 57.2 Å². The van der Waals surface area contributed by atoms with Crippen molar-refractivity contribution in [1.29, 1.82) is 0 Å². The summed E-state index contributed by atoms with van der Waals surface area (Å²) in [6.07, 6.45) is 2.30. The largest absolute Gasteiger partial charge is 0.435 e. The highest BCUT2D eigenvalue weighted by atomic mass is 19.3. The summed E-state index contributed by atoms with van der Waals surface area (Å²) in [5.41, 5.74) is 1.00. The molecule has 1 aliphatic heterocycles. The standard InChI is InChI=1S/C20H33F2N5O/c1-23-20(24-10-4-12-27-13-5-11-25(2)14-15-27)26(3)16-17-6-8-18(9-7-17)28-19(21)22/h6-9,19H,4-5,10-16H2,1-3H3,(H,23,24). The normalized spacial score (nSPS) is 16.9. The molecule has 158 valence electrons. The lowest BCUT2D eigenvalue weighted by Crippen LogP contribution is -2.40. The van der Waals surface area contributed by atoms with Gasteiger partial charge < -0.3 is 24.8 Å². The highest BCUT2D eigenvalue weighted by molar-refractivity contribution is 5.79. The van der Waals surface area contributed by atoms with Crippen molar-refractivity contribution in [2.75, 3.05) is 60.4 Å². The third-order valence-corrected chi connectivity index (χ3v) is 4.89. The number of benzene rings is 1. The number of ether oxygens (including phenoxy) is 1. The Bertz CT molecular complexity index is 597. The summed E-state index contributed by atoms with van der Waals surface area (Å²) in [5.74, 6) is 0.993. The van der Waals surface area contributed by atoms with Gasteiger partial charge in [0.25, 0.3) is 0 Å². The zero-order chi connectivity index (χ0) is 20.4. The molecule has 0 spiro atoms. The van der Waals surface area contributed by atoms with Crippen molar-refractivity contribution in [2.24, 2.45) is 4.99 Å². The highest BCUT2D eigenvalue weighted by Gasteiger charge is 2.12. The second kappa shape index (κ2) is 11.8. The molecule has 0 bridgehead atoms. The Morgan fingerprint density at radius 3 is 2.64 bits per heavy atom. The minimum atomic E-state index is -2.80. The number of likely N-dealkylation sites (N-methyl/N-ethyl adjacent to an activating group) is 1. The van der Waals surface area contributed by atoms with E-state index in [2.05, 4.69) is 31.9 Å². The maximum absolute atomic E-state index is 12.2. The van der Waals surface area contributed by atoms with Crippen LogP contribution in [0, 0.1) is 0 Å². The van der Waals surface area contributed by atoms with Gasteiger partial charge in [-0.25, -0.2) is 0 Å². The van der Waals surface area contributed by atoms with Gasteiger partial charge in [0.05, 0.1) is 0 Å². The first-order chi connectivity index (χ1) is 13.5. The van der Waals surface area contributed by atoms with Crippen LogP contribution in [0.5, 0.6) is 5.75 Å². The number of hydrogen-bond acceptors (Lipinski definition) is 4. The third kappa shape index (κ3) is 7.98. The lowest BCUT2D eigenvalue weighted by atomic mass is 10.2. The molecule has 1 heterocycles. The highest BCUT2D eigenvalue weighted by Crippen LogP contribution is 2.15. The van der Waals surface area contributed by atoms with Crippen LogP contribution in [0.15, 0.2) is 29.3 Å². The molecule has 1 aromatic carbocycles. The Morgan fingerprint density at radius 1 is 1.21 bits per heavy atom. The molecule has 1 aromatic rings. The quantitative estimate of drug-likeness (QED) is 0.414. The smallest absolute Gasteiger partial charge is 0.387 e. The van der Waals surface area contributed by atoms with E-state index in [0.29, 0.717) is 6.54 Å². The van der Waals surface area contributed by atoms with Crippen LogP contribution in [0.2, 0.25) is 0 Å². The Morgan fingerprint density at radius 2 is 1.96 bits per heavy atom. The Labute approximate surface area is 167 Å². The summed E-state index contributed by atoms with van der Waals surface area (Å²) in [7, 11) is 5.91. The van der Waals surface area contributed by atoms with Crippen molar-refractivity contribution in [3.63, 3.8) is 0 Å². The summed E-state index contributed by atoms with van der Waals surface area (Å²) in [4.78, 5) is 11.3. The van der Waals surface area contributed by atoms with Gasteiger partial charge in [-0.2, -0.15) is 8.78 Å². The minimum absolute atomic E-state index is 0.170. The van der Waals surface area contributed by atoms with Gasteiger partial charge in [0.1, 0.15) is 5.75 Å². The molecule has 8 heteroatoms. The van der Waals surface area contributed by atoms with E-state index < -0.39 is 6.61 Å². The van der Waals surface area contributed by atoms with Crippen LogP contribution in [0.25, 0.3) is 0 Å². The molecule has 0 saturated carbocycles. The molecule has 28 heavy (non-hydrogen) atoms. The summed E-state index contributed by atoms with van der Waals surface area (Å²) in [6, 6.07) is 6.70. The molecule has 0 radical (unpaired) electrons. The Hall–Kier alpha value is -1.93. The van der Waals surface area contributed by atoms with Crippen LogP contribution in [-0.4, -0.2) is 87.7 Å². The first-order valence-corrected chi connectivity index (χ1v) is 9.84. The lowest BCUT2D eigenvalue weighted by Gasteiger charge is -2.23. The zero-order valence-electron chi connectivity index (χ0n) is 17.2. The van der Waals surface area contributed by atoms with Crippen molar-refractivity contribution >= 4 is 5.96 Å². The molecular weight excluding hydrogens is 364 g/mol. The number of halogens is 2. The molecule has 1 N–H and O–H groups in total. The molecule has 0 amide bonds. The topological polar surface area (TPSA) is 43.3 Å². The van der Waals surface area contributed by atoms with Crippen molar-refractivity contribution in [1.82, 2.24) is 20.0 Å². The molecule has 0 aliphatic carbocycles. The maximum atomic E-state index is 12.2. The van der Waals surface area contributed by atoms with Crippen molar-refractivity contribution in [3.05, 3.63) is 29.8 Å². The summed E-state index contributed by atoms with van der Waals surface area (Å²) >= 11 is 0. The SMILES string of the molecule is CN=C(NCCCN1CCCN(C)CC1)N(C)Cc1ccc(OC(F)F)cc1. The summed E-state index contributed by atoms with van der Waals surface area (Å²) in [6.45, 7) is 4.41. The molecule has 0 aromatic heterocycles. The predicted octanol–water partition coefficient (Wildman–Crippen LogP) is 2.32. The molecule has 0 atom stereocenters. The van der Waals surface area contributed by atoms with Crippen LogP contribution >= 0.6 is 0 Å². The molecule has 1 saturated heterocycles. The van der Waals surface area contributed by atoms with E-state index in [4.69, 9.17) is 0 Å². The second-order valence-corrected chi connectivity index (χ2v) is 7.20. The van der Waals surface area contributed by atoms with Gasteiger partial charge in [0.2, 0.25) is 0 Å². The van der Waals surface area contributed by atoms with E-state index in [-0.39, 0.29) is 5.75 Å². The number of nitrogens with zero attached hydrogens (tertiary/aromatic N) is 4. The monoisotopic (exact) mass is 397 g/mol. The Kier molecular flexibility index (Phi) is 9.43. The first-order valence-electron chi connectivity index (χ1n) is 9.84. The van der Waals surface area contributed by atoms with Crippen LogP contribution < -0.4 is 10.1 Å². The Balaban J connectivity index is 1.71. The van der Waals surface area contributed by atoms with E-state index >= 15 is 0 Å². The van der Waals surface area contributed by atoms with E-state index in [0.717, 1.165) is 44.1 Å². The predicted molar refractivity (Wildman–Crippen MR) is 109 cm³/mol. The molecule has 2 rings (SSSR count). The number of guanidine groups is 1. The molecule has 6 nitrogen and oxygen atoms in total. The van der Waals surface area contributed by atoms with Gasteiger partial charge in [-0.3, -0.25) is 4.99 Å². The van der Waals surface area contributed by atoms with Gasteiger partial charge in [0, 0.05) is 40.3 Å². The van der Waals surface area contributed by atoms with Crippen molar-refractivity contribution < 1.29 is 13.5 Å². The van der Waals surface area contributed by atoms with Gasteiger partial charge in [-0.15, -0.1) is 0 Å². The number of rotatable bonds is 8. The minimum Gasteiger partial charge on any atom is -0.435 e.